The zero-order valence-corrected chi connectivity index (χ0v) is 30.1. The van der Waals surface area contributed by atoms with Gasteiger partial charge in [0.25, 0.3) is 5.91 Å². The summed E-state index contributed by atoms with van der Waals surface area (Å²) in [4.78, 5) is 51.8. The molecule has 4 saturated heterocycles. The minimum absolute atomic E-state index is 0.0255. The first-order valence-corrected chi connectivity index (χ1v) is 19.1. The van der Waals surface area contributed by atoms with Gasteiger partial charge in [-0.25, -0.2) is 9.59 Å². The Hall–Kier alpha value is -4.03. The van der Waals surface area contributed by atoms with Crippen molar-refractivity contribution in [2.75, 3.05) is 71.4 Å². The monoisotopic (exact) mass is 700 g/mol. The molecule has 4 atom stereocenters. The second kappa shape index (κ2) is 14.5. The van der Waals surface area contributed by atoms with E-state index in [9.17, 15) is 14.4 Å². The number of ether oxygens (including phenoxy) is 3. The third-order valence-corrected chi connectivity index (χ3v) is 12.3. The molecule has 51 heavy (non-hydrogen) atoms. The van der Waals surface area contributed by atoms with Gasteiger partial charge in [0.05, 0.1) is 0 Å². The number of para-hydroxylation sites is 1. The topological polar surface area (TPSA) is 107 Å². The normalized spacial score (nSPS) is 26.3. The molecule has 274 valence electrons. The number of nitrogens with zero attached hydrogens (tertiary/aromatic N) is 5. The molecule has 12 heteroatoms. The molecule has 2 bridgehead atoms. The first-order chi connectivity index (χ1) is 24.8. The van der Waals surface area contributed by atoms with E-state index in [2.05, 4.69) is 28.2 Å². The number of anilines is 1. The lowest BCUT2D eigenvalue weighted by Gasteiger charge is -2.45. The Kier molecular flexibility index (Phi) is 9.71. The van der Waals surface area contributed by atoms with Gasteiger partial charge in [0.1, 0.15) is 13.2 Å². The van der Waals surface area contributed by atoms with Crippen LogP contribution in [0.2, 0.25) is 0 Å². The molecule has 1 N–H and O–H groups in total. The van der Waals surface area contributed by atoms with E-state index >= 15 is 0 Å². The lowest BCUT2D eigenvalue weighted by molar-refractivity contribution is -0.143. The quantitative estimate of drug-likeness (QED) is 0.480. The number of likely N-dealkylation sites (tertiary alicyclic amines) is 1. The maximum absolute atomic E-state index is 14.3. The fourth-order valence-electron chi connectivity index (χ4n) is 9.40. The second-order valence-corrected chi connectivity index (χ2v) is 15.3. The summed E-state index contributed by atoms with van der Waals surface area (Å²) in [7, 11) is 2.27. The van der Waals surface area contributed by atoms with Crippen molar-refractivity contribution in [3.63, 3.8) is 0 Å². The lowest BCUT2D eigenvalue weighted by atomic mass is 9.96. The van der Waals surface area contributed by atoms with Crippen LogP contribution in [-0.4, -0.2) is 139 Å². The lowest BCUT2D eigenvalue weighted by Crippen LogP contribution is -2.57. The van der Waals surface area contributed by atoms with E-state index in [1.54, 1.807) is 4.90 Å². The minimum Gasteiger partial charge on any atom is -0.486 e. The van der Waals surface area contributed by atoms with Gasteiger partial charge >= 0.3 is 12.1 Å². The average Bonchev–Trinajstić information content (AvgIpc) is 3.29. The van der Waals surface area contributed by atoms with Crippen molar-refractivity contribution in [3.05, 3.63) is 53.1 Å². The molecule has 0 spiro atoms. The van der Waals surface area contributed by atoms with E-state index in [0.717, 1.165) is 47.6 Å². The first-order valence-electron chi connectivity index (χ1n) is 19.1. The van der Waals surface area contributed by atoms with Crippen molar-refractivity contribution >= 4 is 23.7 Å². The highest BCUT2D eigenvalue weighted by Crippen LogP contribution is 2.37. The molecular formula is C39H52N6O6. The Morgan fingerprint density at radius 2 is 1.59 bits per heavy atom. The zero-order chi connectivity index (χ0) is 35.1. The highest BCUT2D eigenvalue weighted by molar-refractivity contribution is 5.91. The molecule has 8 rings (SSSR count). The fourth-order valence-corrected chi connectivity index (χ4v) is 9.40. The summed E-state index contributed by atoms with van der Waals surface area (Å²) in [6, 6.07) is 13.7. The van der Waals surface area contributed by atoms with Crippen molar-refractivity contribution < 1.29 is 28.6 Å². The van der Waals surface area contributed by atoms with E-state index in [4.69, 9.17) is 14.2 Å². The van der Waals surface area contributed by atoms with Gasteiger partial charge in [-0.1, -0.05) is 24.3 Å². The number of carbonyl (C=O) groups excluding carboxylic acids is 3. The molecule has 0 saturated carbocycles. The number of hydrogen-bond donors (Lipinski definition) is 1. The van der Waals surface area contributed by atoms with Crippen molar-refractivity contribution in [2.45, 2.75) is 88.6 Å². The van der Waals surface area contributed by atoms with Crippen LogP contribution in [0.1, 0.15) is 55.2 Å². The molecule has 0 aromatic heterocycles. The molecule has 6 heterocycles. The van der Waals surface area contributed by atoms with Crippen molar-refractivity contribution in [1.82, 2.24) is 24.5 Å². The van der Waals surface area contributed by atoms with Gasteiger partial charge in [-0.15, -0.1) is 0 Å². The number of urea groups is 1. The van der Waals surface area contributed by atoms with Crippen LogP contribution < -0.4 is 14.8 Å². The number of benzene rings is 2. The summed E-state index contributed by atoms with van der Waals surface area (Å²) in [5, 5.41) is 3.07. The van der Waals surface area contributed by atoms with Crippen LogP contribution in [0, 0.1) is 6.92 Å². The molecule has 12 nitrogen and oxygen atoms in total. The Morgan fingerprint density at radius 3 is 2.35 bits per heavy atom. The van der Waals surface area contributed by atoms with E-state index in [1.165, 1.54) is 25.7 Å². The van der Waals surface area contributed by atoms with Gasteiger partial charge in [-0.2, -0.15) is 0 Å². The van der Waals surface area contributed by atoms with Crippen LogP contribution in [0.5, 0.6) is 11.5 Å². The Balaban J connectivity index is 0.917. The van der Waals surface area contributed by atoms with Crippen molar-refractivity contribution in [1.29, 1.82) is 0 Å². The van der Waals surface area contributed by atoms with Crippen LogP contribution in [0.3, 0.4) is 0 Å². The van der Waals surface area contributed by atoms with Crippen LogP contribution in [-0.2, 0) is 22.4 Å². The summed E-state index contributed by atoms with van der Waals surface area (Å²) in [5.74, 6) is 1.25. The largest absolute Gasteiger partial charge is 0.486 e. The van der Waals surface area contributed by atoms with Crippen LogP contribution >= 0.6 is 0 Å². The van der Waals surface area contributed by atoms with Gasteiger partial charge in [0, 0.05) is 82.1 Å². The summed E-state index contributed by atoms with van der Waals surface area (Å²) in [6.07, 6.45) is 5.91. The predicted molar refractivity (Wildman–Crippen MR) is 192 cm³/mol. The smallest absolute Gasteiger partial charge is 0.410 e. The number of carbonyl (C=O) groups is 3. The highest BCUT2D eigenvalue weighted by Gasteiger charge is 2.42. The number of fused-ring (bicyclic) bond motifs is 4. The molecule has 4 fully saturated rings. The SMILES string of the molecule is Cc1cc(CC(OC(=O)N2CCC(N3CCc4ccccc4NC3=O)CC2)C(=O)N2CCN(C3CC4CC[C@H](C3)N4C)CC2)cc2c1OCCO2. The minimum atomic E-state index is -0.960. The summed E-state index contributed by atoms with van der Waals surface area (Å²) >= 11 is 0. The van der Waals surface area contributed by atoms with E-state index in [1.807, 2.05) is 47.1 Å². The highest BCUT2D eigenvalue weighted by atomic mass is 16.6. The molecule has 2 aromatic carbocycles. The Morgan fingerprint density at radius 1 is 0.863 bits per heavy atom. The number of amides is 4. The number of hydrogen-bond acceptors (Lipinski definition) is 8. The van der Waals surface area contributed by atoms with Crippen LogP contribution in [0.4, 0.5) is 15.3 Å². The third-order valence-electron chi connectivity index (χ3n) is 12.3. The van der Waals surface area contributed by atoms with E-state index < -0.39 is 12.2 Å². The maximum Gasteiger partial charge on any atom is 0.410 e. The summed E-state index contributed by atoms with van der Waals surface area (Å²) in [5.41, 5.74) is 3.80. The standard InChI is InChI=1S/C39H52N6O6/c1-26-21-27(22-34-36(26)50-20-19-49-34)23-35(37(46)43-17-15-42(16-18-43)32-24-30-7-8-31(25-32)41(30)2)51-39(48)44-12-10-29(11-13-44)45-14-9-28-5-3-4-6-33(28)40-38(45)47/h3-6,21-22,29-32,35H,7-20,23-25H2,1-2H3,(H,40,47)/t30-,31?,32?,35?/m1/s1. The van der Waals surface area contributed by atoms with Crippen LogP contribution in [0.15, 0.2) is 36.4 Å². The Labute approximate surface area is 300 Å². The Bertz CT molecular complexity index is 1610. The van der Waals surface area contributed by atoms with E-state index in [-0.39, 0.29) is 24.4 Å². The molecular weight excluding hydrogens is 648 g/mol. The number of nitrogens with one attached hydrogen (secondary N) is 1. The molecule has 6 aliphatic rings. The molecule has 0 aliphatic carbocycles. The fraction of sp³-hybridized carbons (Fsp3) is 0.615. The average molecular weight is 701 g/mol. The van der Waals surface area contributed by atoms with Crippen molar-refractivity contribution in [2.24, 2.45) is 0 Å². The summed E-state index contributed by atoms with van der Waals surface area (Å²) in [6.45, 7) is 7.43. The van der Waals surface area contributed by atoms with Gasteiger partial charge < -0.3 is 39.1 Å². The van der Waals surface area contributed by atoms with Crippen molar-refractivity contribution in [3.8, 4) is 11.5 Å². The first kappa shape index (κ1) is 34.1. The van der Waals surface area contributed by atoms with Gasteiger partial charge in [-0.3, -0.25) is 9.69 Å². The third kappa shape index (κ3) is 7.09. The molecule has 3 unspecified atom stereocenters. The van der Waals surface area contributed by atoms with Gasteiger partial charge in [-0.05, 0) is 87.7 Å². The molecule has 4 amide bonds. The summed E-state index contributed by atoms with van der Waals surface area (Å²) < 4.78 is 17.9. The number of rotatable bonds is 6. The van der Waals surface area contributed by atoms with Crippen LogP contribution in [0.25, 0.3) is 0 Å². The predicted octanol–water partition coefficient (Wildman–Crippen LogP) is 4.14. The van der Waals surface area contributed by atoms with Gasteiger partial charge in [0.2, 0.25) is 0 Å². The second-order valence-electron chi connectivity index (χ2n) is 15.3. The number of piperazine rings is 1. The number of aryl methyl sites for hydroxylation is 1. The van der Waals surface area contributed by atoms with Gasteiger partial charge in [0.15, 0.2) is 17.6 Å². The zero-order valence-electron chi connectivity index (χ0n) is 30.1. The molecule has 0 radical (unpaired) electrons. The maximum atomic E-state index is 14.3. The molecule has 6 aliphatic heterocycles. The van der Waals surface area contributed by atoms with E-state index in [0.29, 0.717) is 82.7 Å². The number of piperidine rings is 2. The molecule has 2 aromatic rings.